The first-order chi connectivity index (χ1) is 9.37. The number of aromatic amines is 1. The van der Waals surface area contributed by atoms with Crippen LogP contribution >= 0.6 is 12.2 Å². The lowest BCUT2D eigenvalue weighted by Gasteiger charge is -2.19. The van der Waals surface area contributed by atoms with Crippen molar-refractivity contribution in [3.05, 3.63) is 23.1 Å². The van der Waals surface area contributed by atoms with Crippen molar-refractivity contribution < 1.29 is 9.53 Å². The van der Waals surface area contributed by atoms with Gasteiger partial charge in [-0.25, -0.2) is 4.98 Å². The lowest BCUT2D eigenvalue weighted by Crippen LogP contribution is -2.23. The van der Waals surface area contributed by atoms with Crippen molar-refractivity contribution in [2.45, 2.75) is 45.8 Å². The fourth-order valence-electron chi connectivity index (χ4n) is 1.99. The van der Waals surface area contributed by atoms with E-state index in [1.807, 2.05) is 37.5 Å². The van der Waals surface area contributed by atoms with Gasteiger partial charge in [-0.05, 0) is 51.5 Å². The predicted octanol–water partition coefficient (Wildman–Crippen LogP) is 3.22. The number of aromatic nitrogens is 3. The Kier molecular flexibility index (Phi) is 4.23. The second kappa shape index (κ2) is 5.75. The average Bonchev–Trinajstić information content (AvgIpc) is 2.64. The number of hydrogen-bond donors (Lipinski definition) is 1. The van der Waals surface area contributed by atoms with Crippen LogP contribution < -0.4 is 0 Å². The Morgan fingerprint density at radius 3 is 2.95 bits per heavy atom. The molecule has 108 valence electrons. The van der Waals surface area contributed by atoms with Crippen molar-refractivity contribution in [2.24, 2.45) is 0 Å². The number of carbonyl (C=O) groups excluding carboxylic acids is 1. The largest absolute Gasteiger partial charge is 0.460 e. The van der Waals surface area contributed by atoms with Crippen LogP contribution in [0.2, 0.25) is 0 Å². The molecule has 0 aliphatic rings. The maximum Gasteiger partial charge on any atom is 0.306 e. The van der Waals surface area contributed by atoms with Gasteiger partial charge in [-0.1, -0.05) is 0 Å². The molecule has 0 fully saturated rings. The van der Waals surface area contributed by atoms with Crippen molar-refractivity contribution >= 4 is 29.4 Å². The third-order valence-electron chi connectivity index (χ3n) is 2.73. The minimum Gasteiger partial charge on any atom is -0.460 e. The van der Waals surface area contributed by atoms with E-state index in [4.69, 9.17) is 17.0 Å². The molecule has 6 heteroatoms. The van der Waals surface area contributed by atoms with Gasteiger partial charge in [0.05, 0.1) is 5.52 Å². The van der Waals surface area contributed by atoms with Crippen molar-refractivity contribution in [2.75, 3.05) is 0 Å². The number of fused-ring (bicyclic) bond motifs is 1. The van der Waals surface area contributed by atoms with Crippen molar-refractivity contribution in [3.63, 3.8) is 0 Å². The molecule has 0 saturated carbocycles. The number of pyridine rings is 1. The fraction of sp³-hybridized carbons (Fsp3) is 0.500. The van der Waals surface area contributed by atoms with Gasteiger partial charge in [0.25, 0.3) is 0 Å². The first-order valence-electron chi connectivity index (χ1n) is 6.62. The van der Waals surface area contributed by atoms with Crippen LogP contribution in [-0.2, 0) is 16.1 Å². The number of nitrogens with one attached hydrogen (secondary N) is 1. The second-order valence-corrected chi connectivity index (χ2v) is 6.03. The highest BCUT2D eigenvalue weighted by Crippen LogP contribution is 2.13. The topological polar surface area (TPSA) is 59.9 Å². The summed E-state index contributed by atoms with van der Waals surface area (Å²) in [4.78, 5) is 18.9. The zero-order chi connectivity index (χ0) is 14.8. The summed E-state index contributed by atoms with van der Waals surface area (Å²) in [7, 11) is 0. The summed E-state index contributed by atoms with van der Waals surface area (Å²) in [6.45, 7) is 6.27. The van der Waals surface area contributed by atoms with E-state index in [0.717, 1.165) is 11.2 Å². The first-order valence-corrected chi connectivity index (χ1v) is 7.03. The molecular formula is C14H19N3O2S. The van der Waals surface area contributed by atoms with E-state index in [0.29, 0.717) is 24.2 Å². The van der Waals surface area contributed by atoms with Crippen LogP contribution in [0.4, 0.5) is 0 Å². The Morgan fingerprint density at radius 2 is 2.25 bits per heavy atom. The number of hydrogen-bond acceptors (Lipinski definition) is 4. The van der Waals surface area contributed by atoms with E-state index in [2.05, 4.69) is 9.97 Å². The van der Waals surface area contributed by atoms with Gasteiger partial charge in [0.2, 0.25) is 0 Å². The third-order valence-corrected chi connectivity index (χ3v) is 3.05. The summed E-state index contributed by atoms with van der Waals surface area (Å²) in [6.07, 6.45) is 2.79. The minimum atomic E-state index is -0.432. The standard InChI is InChI=1S/C14H19N3O2S/c1-14(2,3)19-11(18)7-5-9-17-10-6-4-8-15-12(10)16-13(17)20/h4,6,8H,5,7,9H2,1-3H3,(H,15,16,20). The molecule has 0 bridgehead atoms. The number of esters is 1. The van der Waals surface area contributed by atoms with Gasteiger partial charge in [-0.2, -0.15) is 0 Å². The molecule has 5 nitrogen and oxygen atoms in total. The van der Waals surface area contributed by atoms with E-state index in [1.54, 1.807) is 6.20 Å². The van der Waals surface area contributed by atoms with Gasteiger partial charge >= 0.3 is 5.97 Å². The van der Waals surface area contributed by atoms with Crippen LogP contribution in [0.3, 0.4) is 0 Å². The van der Waals surface area contributed by atoms with E-state index >= 15 is 0 Å². The highest BCUT2D eigenvalue weighted by atomic mass is 32.1. The summed E-state index contributed by atoms with van der Waals surface area (Å²) in [5.74, 6) is -0.179. The molecule has 0 saturated heterocycles. The molecular weight excluding hydrogens is 274 g/mol. The molecule has 0 aliphatic carbocycles. The number of carbonyl (C=O) groups is 1. The van der Waals surface area contributed by atoms with Gasteiger partial charge in [-0.15, -0.1) is 0 Å². The van der Waals surface area contributed by atoms with Gasteiger partial charge in [-0.3, -0.25) is 4.79 Å². The molecule has 2 heterocycles. The summed E-state index contributed by atoms with van der Waals surface area (Å²) >= 11 is 5.27. The van der Waals surface area contributed by atoms with Crippen molar-refractivity contribution in [1.29, 1.82) is 0 Å². The molecule has 0 aliphatic heterocycles. The van der Waals surface area contributed by atoms with Crippen LogP contribution in [0.1, 0.15) is 33.6 Å². The number of aryl methyl sites for hydroxylation is 1. The third kappa shape index (κ3) is 3.66. The van der Waals surface area contributed by atoms with Gasteiger partial charge in [0.1, 0.15) is 5.60 Å². The molecule has 0 unspecified atom stereocenters. The zero-order valence-corrected chi connectivity index (χ0v) is 12.8. The highest BCUT2D eigenvalue weighted by molar-refractivity contribution is 7.71. The number of rotatable bonds is 4. The number of imidazole rings is 1. The highest BCUT2D eigenvalue weighted by Gasteiger charge is 2.15. The smallest absolute Gasteiger partial charge is 0.306 e. The van der Waals surface area contributed by atoms with E-state index in [-0.39, 0.29) is 5.97 Å². The van der Waals surface area contributed by atoms with E-state index in [9.17, 15) is 4.79 Å². The maximum atomic E-state index is 11.7. The molecule has 1 N–H and O–H groups in total. The molecule has 0 aromatic carbocycles. The fourth-order valence-corrected chi connectivity index (χ4v) is 2.27. The van der Waals surface area contributed by atoms with Crippen LogP contribution in [0, 0.1) is 4.77 Å². The van der Waals surface area contributed by atoms with Gasteiger partial charge < -0.3 is 14.3 Å². The normalized spacial score (nSPS) is 11.8. The van der Waals surface area contributed by atoms with Crippen molar-refractivity contribution in [3.8, 4) is 0 Å². The van der Waals surface area contributed by atoms with Crippen LogP contribution in [0.25, 0.3) is 11.2 Å². The number of nitrogens with zero attached hydrogens (tertiary/aromatic N) is 2. The van der Waals surface area contributed by atoms with Gasteiger partial charge in [0, 0.05) is 19.2 Å². The lowest BCUT2D eigenvalue weighted by molar-refractivity contribution is -0.154. The molecule has 2 aromatic rings. The summed E-state index contributed by atoms with van der Waals surface area (Å²) in [5, 5.41) is 0. The van der Waals surface area contributed by atoms with Crippen LogP contribution in [-0.4, -0.2) is 26.1 Å². The Morgan fingerprint density at radius 1 is 1.50 bits per heavy atom. The molecule has 0 atom stereocenters. The second-order valence-electron chi connectivity index (χ2n) is 5.64. The quantitative estimate of drug-likeness (QED) is 0.694. The molecule has 2 aromatic heterocycles. The minimum absolute atomic E-state index is 0.179. The Labute approximate surface area is 123 Å². The van der Waals surface area contributed by atoms with E-state index in [1.165, 1.54) is 0 Å². The Bertz CT molecular complexity index is 667. The van der Waals surface area contributed by atoms with Gasteiger partial charge in [0.15, 0.2) is 10.4 Å². The molecule has 0 amide bonds. The lowest BCUT2D eigenvalue weighted by atomic mass is 10.2. The molecule has 0 spiro atoms. The average molecular weight is 293 g/mol. The van der Waals surface area contributed by atoms with Crippen LogP contribution in [0.15, 0.2) is 18.3 Å². The number of ether oxygens (including phenoxy) is 1. The SMILES string of the molecule is CC(C)(C)OC(=O)CCCn1c(=S)[nH]c2ncccc21. The zero-order valence-electron chi connectivity index (χ0n) is 12.0. The monoisotopic (exact) mass is 293 g/mol. The Hall–Kier alpha value is -1.69. The summed E-state index contributed by atoms with van der Waals surface area (Å²) < 4.78 is 7.87. The van der Waals surface area contributed by atoms with Crippen LogP contribution in [0.5, 0.6) is 0 Å². The summed E-state index contributed by atoms with van der Waals surface area (Å²) in [6, 6.07) is 3.83. The maximum absolute atomic E-state index is 11.7. The number of H-pyrrole nitrogens is 1. The molecule has 20 heavy (non-hydrogen) atoms. The molecule has 2 rings (SSSR count). The van der Waals surface area contributed by atoms with E-state index < -0.39 is 5.60 Å². The first kappa shape index (κ1) is 14.7. The predicted molar refractivity (Wildman–Crippen MR) is 80.0 cm³/mol. The summed E-state index contributed by atoms with van der Waals surface area (Å²) in [5.41, 5.74) is 1.30. The van der Waals surface area contributed by atoms with Crippen molar-refractivity contribution in [1.82, 2.24) is 14.5 Å². The Balaban J connectivity index is 1.98. The molecule has 0 radical (unpaired) electrons.